The van der Waals surface area contributed by atoms with E-state index in [9.17, 15) is 24.6 Å². The van der Waals surface area contributed by atoms with Crippen LogP contribution < -0.4 is 5.32 Å². The Hall–Kier alpha value is -2.23. The average molecular weight is 512 g/mol. The van der Waals surface area contributed by atoms with Gasteiger partial charge in [-0.3, -0.25) is 14.4 Å². The summed E-state index contributed by atoms with van der Waals surface area (Å²) < 4.78 is 15.8. The van der Waals surface area contributed by atoms with Crippen LogP contribution in [0.25, 0.3) is 0 Å². The highest BCUT2D eigenvalue weighted by Gasteiger charge is 2.47. The summed E-state index contributed by atoms with van der Waals surface area (Å²) in [5.41, 5.74) is 0. The second-order valence-corrected chi connectivity index (χ2v) is 9.03. The van der Waals surface area contributed by atoms with Gasteiger partial charge in [0.25, 0.3) is 0 Å². The quantitative estimate of drug-likeness (QED) is 0.154. The van der Waals surface area contributed by atoms with E-state index in [1.165, 1.54) is 19.8 Å². The SMILES string of the molecule is CCCC/C=C/CCCC/C=C/CCCC(=O)O[C@H]1[C@H](O)[C@@H](COC(=O)CC)OC(O)[C@@H]1NC(C)=O. The van der Waals surface area contributed by atoms with Gasteiger partial charge in [-0.25, -0.2) is 0 Å². The molecule has 1 heterocycles. The van der Waals surface area contributed by atoms with E-state index in [1.807, 2.05) is 0 Å². The van der Waals surface area contributed by atoms with Crippen molar-refractivity contribution in [2.45, 2.75) is 122 Å². The van der Waals surface area contributed by atoms with Crippen LogP contribution >= 0.6 is 0 Å². The van der Waals surface area contributed by atoms with Crippen LogP contribution in [-0.4, -0.2) is 65.3 Å². The lowest BCUT2D eigenvalue weighted by atomic mass is 9.96. The molecule has 0 radical (unpaired) electrons. The van der Waals surface area contributed by atoms with Crippen molar-refractivity contribution in [3.63, 3.8) is 0 Å². The first-order chi connectivity index (χ1) is 17.3. The molecule has 1 unspecified atom stereocenters. The number of unbranched alkanes of at least 4 members (excludes halogenated alkanes) is 6. The summed E-state index contributed by atoms with van der Waals surface area (Å²) in [5, 5.41) is 23.5. The number of amides is 1. The highest BCUT2D eigenvalue weighted by Crippen LogP contribution is 2.24. The largest absolute Gasteiger partial charge is 0.463 e. The summed E-state index contributed by atoms with van der Waals surface area (Å²) in [6, 6.07) is -1.15. The number of hydrogen-bond donors (Lipinski definition) is 3. The maximum absolute atomic E-state index is 12.4. The first-order valence-electron chi connectivity index (χ1n) is 13.2. The van der Waals surface area contributed by atoms with Gasteiger partial charge in [0.05, 0.1) is 0 Å². The molecule has 9 nitrogen and oxygen atoms in total. The van der Waals surface area contributed by atoms with E-state index in [0.717, 1.165) is 38.5 Å². The Morgan fingerprint density at radius 3 is 2.03 bits per heavy atom. The van der Waals surface area contributed by atoms with Crippen LogP contribution in [0, 0.1) is 0 Å². The molecule has 9 heteroatoms. The minimum Gasteiger partial charge on any atom is -0.463 e. The Kier molecular flexibility index (Phi) is 16.7. The highest BCUT2D eigenvalue weighted by molar-refractivity contribution is 5.73. The van der Waals surface area contributed by atoms with Gasteiger partial charge < -0.3 is 29.7 Å². The predicted octanol–water partition coefficient (Wildman–Crippen LogP) is 3.47. The molecule has 0 aromatic carbocycles. The zero-order valence-electron chi connectivity index (χ0n) is 22.0. The fraction of sp³-hybridized carbons (Fsp3) is 0.741. The van der Waals surface area contributed by atoms with Crippen LogP contribution in [0.15, 0.2) is 24.3 Å². The van der Waals surface area contributed by atoms with E-state index < -0.39 is 48.5 Å². The third kappa shape index (κ3) is 13.2. The van der Waals surface area contributed by atoms with Crippen molar-refractivity contribution in [3.8, 4) is 0 Å². The average Bonchev–Trinajstić information content (AvgIpc) is 2.84. The van der Waals surface area contributed by atoms with E-state index in [2.05, 4.69) is 36.5 Å². The molecule has 3 N–H and O–H groups in total. The molecule has 0 aromatic heterocycles. The summed E-state index contributed by atoms with van der Waals surface area (Å²) in [4.78, 5) is 35.4. The number of carbonyl (C=O) groups excluding carboxylic acids is 3. The molecule has 1 saturated heterocycles. The standard InChI is InChI=1S/C27H45NO8/c1-4-6-7-8-9-10-11-12-13-14-15-16-17-18-23(31)36-26-24(28-20(3)29)27(33)35-21(25(26)32)19-34-22(30)5-2/h8-9,14-15,21,24-27,32-33H,4-7,10-13,16-19H2,1-3H3,(H,28,29)/b9-8+,15-14+/t21-,24-,25-,26-,27?/m1/s1. The van der Waals surface area contributed by atoms with Gasteiger partial charge in [0, 0.05) is 19.8 Å². The van der Waals surface area contributed by atoms with E-state index in [0.29, 0.717) is 6.42 Å². The third-order valence-corrected chi connectivity index (χ3v) is 5.83. The number of nitrogens with one attached hydrogen (secondary N) is 1. The molecule has 0 aliphatic carbocycles. The van der Waals surface area contributed by atoms with Gasteiger partial charge >= 0.3 is 11.9 Å². The van der Waals surface area contributed by atoms with Gasteiger partial charge in [-0.15, -0.1) is 0 Å². The molecule has 0 aromatic rings. The van der Waals surface area contributed by atoms with Gasteiger partial charge in [0.2, 0.25) is 5.91 Å². The molecular formula is C27H45NO8. The van der Waals surface area contributed by atoms with E-state index >= 15 is 0 Å². The predicted molar refractivity (Wildman–Crippen MR) is 136 cm³/mol. The van der Waals surface area contributed by atoms with Gasteiger partial charge in [-0.05, 0) is 44.9 Å². The van der Waals surface area contributed by atoms with Crippen molar-refractivity contribution in [2.24, 2.45) is 0 Å². The normalized spacial score (nSPS) is 24.2. The van der Waals surface area contributed by atoms with E-state index in [-0.39, 0.29) is 19.4 Å². The minimum atomic E-state index is -1.55. The van der Waals surface area contributed by atoms with Gasteiger partial charge in [0.1, 0.15) is 24.9 Å². The Labute approximate surface area is 215 Å². The van der Waals surface area contributed by atoms with Crippen molar-refractivity contribution in [1.29, 1.82) is 0 Å². The van der Waals surface area contributed by atoms with Gasteiger partial charge in [-0.1, -0.05) is 51.0 Å². The third-order valence-electron chi connectivity index (χ3n) is 5.83. The van der Waals surface area contributed by atoms with Crippen molar-refractivity contribution in [2.75, 3.05) is 6.61 Å². The molecule has 1 rings (SSSR count). The molecule has 0 saturated carbocycles. The monoisotopic (exact) mass is 511 g/mol. The number of hydrogen-bond acceptors (Lipinski definition) is 8. The maximum atomic E-state index is 12.4. The fourth-order valence-corrected chi connectivity index (χ4v) is 3.77. The van der Waals surface area contributed by atoms with Crippen molar-refractivity contribution in [3.05, 3.63) is 24.3 Å². The molecular weight excluding hydrogens is 466 g/mol. The second-order valence-electron chi connectivity index (χ2n) is 9.03. The highest BCUT2D eigenvalue weighted by atomic mass is 16.6. The Morgan fingerprint density at radius 1 is 0.889 bits per heavy atom. The topological polar surface area (TPSA) is 131 Å². The first-order valence-corrected chi connectivity index (χ1v) is 13.2. The number of aliphatic hydroxyl groups is 2. The van der Waals surface area contributed by atoms with Crippen LogP contribution in [0.4, 0.5) is 0 Å². The van der Waals surface area contributed by atoms with E-state index in [1.54, 1.807) is 6.92 Å². The number of aliphatic hydroxyl groups excluding tert-OH is 2. The summed E-state index contributed by atoms with van der Waals surface area (Å²) in [6.45, 7) is 4.74. The van der Waals surface area contributed by atoms with Crippen LogP contribution in [0.2, 0.25) is 0 Å². The van der Waals surface area contributed by atoms with Crippen LogP contribution in [0.3, 0.4) is 0 Å². The van der Waals surface area contributed by atoms with Crippen LogP contribution in [0.1, 0.15) is 91.4 Å². The van der Waals surface area contributed by atoms with Crippen molar-refractivity contribution >= 4 is 17.8 Å². The Balaban J connectivity index is 2.43. The van der Waals surface area contributed by atoms with E-state index in [4.69, 9.17) is 14.2 Å². The Morgan fingerprint density at radius 2 is 1.47 bits per heavy atom. The number of allylic oxidation sites excluding steroid dienone is 4. The molecule has 1 fully saturated rings. The summed E-state index contributed by atoms with van der Waals surface area (Å²) in [7, 11) is 0. The molecule has 206 valence electrons. The number of rotatable bonds is 17. The molecule has 36 heavy (non-hydrogen) atoms. The first kappa shape index (κ1) is 31.8. The number of esters is 2. The molecule has 5 atom stereocenters. The van der Waals surface area contributed by atoms with Gasteiger partial charge in [0.15, 0.2) is 12.4 Å². The lowest BCUT2D eigenvalue weighted by molar-refractivity contribution is -0.260. The molecule has 0 spiro atoms. The van der Waals surface area contributed by atoms with Crippen molar-refractivity contribution in [1.82, 2.24) is 5.32 Å². The van der Waals surface area contributed by atoms with Gasteiger partial charge in [-0.2, -0.15) is 0 Å². The second kappa shape index (κ2) is 19.0. The number of ether oxygens (including phenoxy) is 3. The minimum absolute atomic E-state index is 0.120. The molecule has 0 bridgehead atoms. The summed E-state index contributed by atoms with van der Waals surface area (Å²) in [6.07, 6.45) is 13.0. The Bertz CT molecular complexity index is 708. The zero-order chi connectivity index (χ0) is 26.8. The molecule has 1 amide bonds. The number of carbonyl (C=O) groups is 3. The fourth-order valence-electron chi connectivity index (χ4n) is 3.77. The maximum Gasteiger partial charge on any atom is 0.306 e. The molecule has 1 aliphatic rings. The molecule has 1 aliphatic heterocycles. The zero-order valence-corrected chi connectivity index (χ0v) is 22.0. The van der Waals surface area contributed by atoms with Crippen LogP contribution in [0.5, 0.6) is 0 Å². The van der Waals surface area contributed by atoms with Crippen LogP contribution in [-0.2, 0) is 28.6 Å². The lowest BCUT2D eigenvalue weighted by Gasteiger charge is -2.42. The van der Waals surface area contributed by atoms with Crippen molar-refractivity contribution < 1.29 is 38.8 Å². The summed E-state index contributed by atoms with van der Waals surface area (Å²) in [5.74, 6) is -1.54. The summed E-state index contributed by atoms with van der Waals surface area (Å²) >= 11 is 0. The lowest BCUT2D eigenvalue weighted by Crippen LogP contribution is -2.65. The smallest absolute Gasteiger partial charge is 0.306 e.